The lowest BCUT2D eigenvalue weighted by molar-refractivity contribution is 0.340. The lowest BCUT2D eigenvalue weighted by Gasteiger charge is -2.08. The molecule has 0 aliphatic rings. The largest absolute Gasteiger partial charge is 0.491 e. The molecular formula is C12H15BrN4O. The normalized spacial score (nSPS) is 10.6. The second-order valence-electron chi connectivity index (χ2n) is 3.72. The lowest BCUT2D eigenvalue weighted by Crippen LogP contribution is -2.11. The number of nitrogens with zero attached hydrogens (tertiary/aromatic N) is 3. The summed E-state index contributed by atoms with van der Waals surface area (Å²) in [6.45, 7) is 3.30. The number of aromatic nitrogens is 3. The Balaban J connectivity index is 2.35. The molecule has 0 unspecified atom stereocenters. The van der Waals surface area contributed by atoms with Gasteiger partial charge in [-0.25, -0.2) is 9.67 Å². The van der Waals surface area contributed by atoms with Gasteiger partial charge >= 0.3 is 0 Å². The maximum absolute atomic E-state index is 5.40. The standard InChI is InChI=1S/C12H15BrN4O/c1-3-18-11-7-16-17(8-11)12-9(5-14-2)4-10(13)6-15-12/h4,6-8,14H,3,5H2,1-2H3. The van der Waals surface area contributed by atoms with Gasteiger partial charge in [0.05, 0.1) is 19.0 Å². The molecule has 18 heavy (non-hydrogen) atoms. The van der Waals surface area contributed by atoms with E-state index < -0.39 is 0 Å². The van der Waals surface area contributed by atoms with Crippen LogP contribution in [0.25, 0.3) is 5.82 Å². The van der Waals surface area contributed by atoms with Crippen molar-refractivity contribution >= 4 is 15.9 Å². The molecule has 0 aliphatic heterocycles. The smallest absolute Gasteiger partial charge is 0.157 e. The van der Waals surface area contributed by atoms with E-state index in [0.29, 0.717) is 6.61 Å². The second kappa shape index (κ2) is 5.97. The van der Waals surface area contributed by atoms with Gasteiger partial charge < -0.3 is 10.1 Å². The van der Waals surface area contributed by atoms with Gasteiger partial charge in [-0.3, -0.25) is 0 Å². The number of ether oxygens (including phenoxy) is 1. The summed E-state index contributed by atoms with van der Waals surface area (Å²) in [5.41, 5.74) is 1.07. The summed E-state index contributed by atoms with van der Waals surface area (Å²) in [7, 11) is 1.90. The van der Waals surface area contributed by atoms with Crippen LogP contribution in [0.2, 0.25) is 0 Å². The summed E-state index contributed by atoms with van der Waals surface area (Å²) in [5.74, 6) is 1.55. The van der Waals surface area contributed by atoms with E-state index in [-0.39, 0.29) is 0 Å². The van der Waals surface area contributed by atoms with E-state index >= 15 is 0 Å². The van der Waals surface area contributed by atoms with Gasteiger partial charge in [-0.2, -0.15) is 5.10 Å². The SMILES string of the molecule is CCOc1cnn(-c2ncc(Br)cc2CNC)c1. The Hall–Kier alpha value is -1.40. The first-order valence-electron chi connectivity index (χ1n) is 5.71. The summed E-state index contributed by atoms with van der Waals surface area (Å²) in [4.78, 5) is 4.40. The highest BCUT2D eigenvalue weighted by atomic mass is 79.9. The highest BCUT2D eigenvalue weighted by Gasteiger charge is 2.08. The number of halogens is 1. The van der Waals surface area contributed by atoms with Gasteiger partial charge in [-0.15, -0.1) is 0 Å². The molecule has 6 heteroatoms. The molecule has 0 bridgehead atoms. The predicted molar refractivity (Wildman–Crippen MR) is 73.0 cm³/mol. The van der Waals surface area contributed by atoms with Gasteiger partial charge in [0.25, 0.3) is 0 Å². The van der Waals surface area contributed by atoms with E-state index in [9.17, 15) is 0 Å². The van der Waals surface area contributed by atoms with Gasteiger partial charge in [0.15, 0.2) is 11.6 Å². The average Bonchev–Trinajstić information content (AvgIpc) is 2.79. The fourth-order valence-corrected chi connectivity index (χ4v) is 2.04. The molecule has 0 radical (unpaired) electrons. The Labute approximate surface area is 114 Å². The molecular weight excluding hydrogens is 296 g/mol. The maximum atomic E-state index is 5.40. The van der Waals surface area contributed by atoms with E-state index in [0.717, 1.165) is 28.1 Å². The quantitative estimate of drug-likeness (QED) is 0.919. The summed E-state index contributed by atoms with van der Waals surface area (Å²) in [6, 6.07) is 2.03. The number of nitrogens with one attached hydrogen (secondary N) is 1. The third-order valence-corrected chi connectivity index (χ3v) is 2.80. The van der Waals surface area contributed by atoms with E-state index in [1.54, 1.807) is 17.1 Å². The van der Waals surface area contributed by atoms with Crippen molar-refractivity contribution in [1.29, 1.82) is 0 Å². The number of hydrogen-bond acceptors (Lipinski definition) is 4. The van der Waals surface area contributed by atoms with Crippen LogP contribution >= 0.6 is 15.9 Å². The minimum absolute atomic E-state index is 0.628. The Kier molecular flexibility index (Phi) is 4.33. The molecule has 0 saturated carbocycles. The minimum atomic E-state index is 0.628. The zero-order chi connectivity index (χ0) is 13.0. The molecule has 5 nitrogen and oxygen atoms in total. The summed E-state index contributed by atoms with van der Waals surface area (Å²) in [5, 5.41) is 7.38. The Morgan fingerprint density at radius 3 is 3.00 bits per heavy atom. The van der Waals surface area contributed by atoms with Gasteiger partial charge in [0.1, 0.15) is 0 Å². The number of pyridine rings is 1. The third-order valence-electron chi connectivity index (χ3n) is 2.36. The summed E-state index contributed by atoms with van der Waals surface area (Å²) in [6.07, 6.45) is 5.28. The van der Waals surface area contributed by atoms with Crippen LogP contribution in [0.15, 0.2) is 29.1 Å². The number of rotatable bonds is 5. The molecule has 2 aromatic heterocycles. The molecule has 2 rings (SSSR count). The van der Waals surface area contributed by atoms with Crippen LogP contribution in [0.4, 0.5) is 0 Å². The van der Waals surface area contributed by atoms with Crippen molar-refractivity contribution in [3.63, 3.8) is 0 Å². The van der Waals surface area contributed by atoms with Crippen molar-refractivity contribution in [3.8, 4) is 11.6 Å². The van der Waals surface area contributed by atoms with Crippen molar-refractivity contribution in [3.05, 3.63) is 34.7 Å². The van der Waals surface area contributed by atoms with Crippen LogP contribution in [0.1, 0.15) is 12.5 Å². The van der Waals surface area contributed by atoms with Crippen molar-refractivity contribution in [1.82, 2.24) is 20.1 Å². The van der Waals surface area contributed by atoms with Crippen molar-refractivity contribution < 1.29 is 4.74 Å². The van der Waals surface area contributed by atoms with Crippen LogP contribution in [0, 0.1) is 0 Å². The molecule has 0 aromatic carbocycles. The van der Waals surface area contributed by atoms with E-state index in [1.165, 1.54) is 0 Å². The minimum Gasteiger partial charge on any atom is -0.491 e. The van der Waals surface area contributed by atoms with Crippen LogP contribution in [-0.2, 0) is 6.54 Å². The predicted octanol–water partition coefficient (Wildman–Crippen LogP) is 2.15. The summed E-state index contributed by atoms with van der Waals surface area (Å²) < 4.78 is 8.07. The van der Waals surface area contributed by atoms with Gasteiger partial charge in [-0.1, -0.05) is 0 Å². The first-order chi connectivity index (χ1) is 8.74. The number of hydrogen-bond donors (Lipinski definition) is 1. The maximum Gasteiger partial charge on any atom is 0.157 e. The molecule has 0 spiro atoms. The van der Waals surface area contributed by atoms with E-state index in [4.69, 9.17) is 4.74 Å². The van der Waals surface area contributed by atoms with E-state index in [2.05, 4.69) is 31.3 Å². The van der Waals surface area contributed by atoms with Crippen LogP contribution in [-0.4, -0.2) is 28.4 Å². The van der Waals surface area contributed by atoms with Gasteiger partial charge in [0, 0.05) is 22.8 Å². The van der Waals surface area contributed by atoms with Crippen molar-refractivity contribution in [2.45, 2.75) is 13.5 Å². The molecule has 1 N–H and O–H groups in total. The van der Waals surface area contributed by atoms with Crippen molar-refractivity contribution in [2.24, 2.45) is 0 Å². The highest BCUT2D eigenvalue weighted by molar-refractivity contribution is 9.10. The molecule has 0 atom stereocenters. The van der Waals surface area contributed by atoms with Crippen molar-refractivity contribution in [2.75, 3.05) is 13.7 Å². The fourth-order valence-electron chi connectivity index (χ4n) is 1.66. The molecule has 0 aliphatic carbocycles. The molecule has 0 amide bonds. The molecule has 0 fully saturated rings. The first kappa shape index (κ1) is 13.0. The third kappa shape index (κ3) is 2.88. The second-order valence-corrected chi connectivity index (χ2v) is 4.64. The summed E-state index contributed by atoms with van der Waals surface area (Å²) >= 11 is 3.42. The monoisotopic (exact) mass is 310 g/mol. The molecule has 2 heterocycles. The van der Waals surface area contributed by atoms with Gasteiger partial charge in [-0.05, 0) is 36.0 Å². The Morgan fingerprint density at radius 1 is 1.44 bits per heavy atom. The van der Waals surface area contributed by atoms with E-state index in [1.807, 2.05) is 26.2 Å². The van der Waals surface area contributed by atoms with Crippen LogP contribution < -0.4 is 10.1 Å². The topological polar surface area (TPSA) is 52.0 Å². The lowest BCUT2D eigenvalue weighted by atomic mass is 10.2. The Bertz CT molecular complexity index is 527. The first-order valence-corrected chi connectivity index (χ1v) is 6.50. The Morgan fingerprint density at radius 2 is 2.28 bits per heavy atom. The highest BCUT2D eigenvalue weighted by Crippen LogP contribution is 2.19. The zero-order valence-corrected chi connectivity index (χ0v) is 11.9. The zero-order valence-electron chi connectivity index (χ0n) is 10.4. The van der Waals surface area contributed by atoms with Crippen LogP contribution in [0.3, 0.4) is 0 Å². The molecule has 2 aromatic rings. The van der Waals surface area contributed by atoms with Gasteiger partial charge in [0.2, 0.25) is 0 Å². The fraction of sp³-hybridized carbons (Fsp3) is 0.333. The van der Waals surface area contributed by atoms with Crippen LogP contribution in [0.5, 0.6) is 5.75 Å². The average molecular weight is 311 g/mol. The molecule has 0 saturated heterocycles. The molecule has 96 valence electrons.